The third-order valence-electron chi connectivity index (χ3n) is 11.6. The van der Waals surface area contributed by atoms with Crippen molar-refractivity contribution in [1.29, 1.82) is 0 Å². The van der Waals surface area contributed by atoms with E-state index in [2.05, 4.69) is 256 Å². The van der Waals surface area contributed by atoms with Crippen LogP contribution in [0.4, 0.5) is 68.2 Å². The second-order valence-electron chi connectivity index (χ2n) is 15.0. The third-order valence-corrected chi connectivity index (χ3v) is 11.6. The summed E-state index contributed by atoms with van der Waals surface area (Å²) >= 11 is 0. The summed E-state index contributed by atoms with van der Waals surface area (Å²) in [5.41, 5.74) is 17.5. The fraction of sp³-hybridized carbons (Fsp3) is 0. The quantitative estimate of drug-likeness (QED) is 0.143. The van der Waals surface area contributed by atoms with Gasteiger partial charge in [-0.3, -0.25) is 0 Å². The van der Waals surface area contributed by atoms with Crippen molar-refractivity contribution in [1.82, 2.24) is 0 Å². The zero-order valence-corrected chi connectivity index (χ0v) is 32.4. The van der Waals surface area contributed by atoms with Crippen LogP contribution in [-0.4, -0.2) is 6.71 Å². The Labute approximate surface area is 346 Å². The first-order valence-corrected chi connectivity index (χ1v) is 20.2. The Bertz CT molecular complexity index is 2810. The van der Waals surface area contributed by atoms with E-state index < -0.39 is 0 Å². The van der Waals surface area contributed by atoms with Gasteiger partial charge in [0, 0.05) is 68.2 Å². The van der Waals surface area contributed by atoms with Gasteiger partial charge in [0.15, 0.2) is 0 Å². The maximum absolute atomic E-state index is 2.48. The van der Waals surface area contributed by atoms with Crippen LogP contribution >= 0.6 is 0 Å². The van der Waals surface area contributed by atoms with E-state index in [0.29, 0.717) is 0 Å². The summed E-state index contributed by atoms with van der Waals surface area (Å²) in [5, 5.41) is 0. The SMILES string of the molecule is c1ccc(N(c2ccccc2)c2ccc(N3c4cc(N(c5ccccc5)c5ccccc5)ccc4B4c5ccccc5N(c5ccccc5)c5cccc3c54)cc2)cc1. The van der Waals surface area contributed by atoms with E-state index >= 15 is 0 Å². The molecular formula is C54H39BN4. The summed E-state index contributed by atoms with van der Waals surface area (Å²) in [4.78, 5) is 9.60. The molecule has 0 atom stereocenters. The van der Waals surface area contributed by atoms with Gasteiger partial charge < -0.3 is 19.6 Å². The average Bonchev–Trinajstić information content (AvgIpc) is 3.31. The first-order valence-electron chi connectivity index (χ1n) is 20.2. The molecule has 9 aromatic rings. The van der Waals surface area contributed by atoms with E-state index in [1.807, 2.05) is 0 Å². The number of rotatable bonds is 8. The largest absolute Gasteiger partial charge is 0.311 e. The van der Waals surface area contributed by atoms with E-state index in [9.17, 15) is 0 Å². The van der Waals surface area contributed by atoms with Gasteiger partial charge in [0.25, 0.3) is 6.71 Å². The molecule has 2 aliphatic heterocycles. The molecule has 0 aromatic heterocycles. The van der Waals surface area contributed by atoms with Gasteiger partial charge in [0.1, 0.15) is 0 Å². The molecule has 11 rings (SSSR count). The van der Waals surface area contributed by atoms with Gasteiger partial charge in [-0.1, -0.05) is 121 Å². The lowest BCUT2D eigenvalue weighted by molar-refractivity contribution is 1.23. The molecule has 0 saturated heterocycles. The van der Waals surface area contributed by atoms with Gasteiger partial charge in [-0.15, -0.1) is 0 Å². The molecule has 0 fully saturated rings. The summed E-state index contributed by atoms with van der Waals surface area (Å²) in [7, 11) is 0. The van der Waals surface area contributed by atoms with Gasteiger partial charge in [0.2, 0.25) is 0 Å². The van der Waals surface area contributed by atoms with Gasteiger partial charge in [0.05, 0.1) is 0 Å². The van der Waals surface area contributed by atoms with Gasteiger partial charge in [-0.05, 0) is 132 Å². The summed E-state index contributed by atoms with van der Waals surface area (Å²) in [6.07, 6.45) is 0. The molecule has 0 spiro atoms. The number of nitrogens with zero attached hydrogens (tertiary/aromatic N) is 4. The Morgan fingerprint density at radius 3 is 1.19 bits per heavy atom. The monoisotopic (exact) mass is 754 g/mol. The Hall–Kier alpha value is -7.76. The first kappa shape index (κ1) is 34.5. The van der Waals surface area contributed by atoms with Crippen molar-refractivity contribution in [3.63, 3.8) is 0 Å². The highest BCUT2D eigenvalue weighted by Crippen LogP contribution is 2.46. The van der Waals surface area contributed by atoms with E-state index in [-0.39, 0.29) is 6.71 Å². The van der Waals surface area contributed by atoms with Crippen LogP contribution in [0, 0.1) is 0 Å². The van der Waals surface area contributed by atoms with Crippen LogP contribution in [0.15, 0.2) is 237 Å². The van der Waals surface area contributed by atoms with E-state index in [1.54, 1.807) is 0 Å². The maximum atomic E-state index is 2.48. The van der Waals surface area contributed by atoms with E-state index in [0.717, 1.165) is 51.2 Å². The van der Waals surface area contributed by atoms with Gasteiger partial charge in [-0.25, -0.2) is 0 Å². The summed E-state index contributed by atoms with van der Waals surface area (Å²) < 4.78 is 0. The van der Waals surface area contributed by atoms with Crippen LogP contribution in [0.25, 0.3) is 0 Å². The Morgan fingerprint density at radius 2 is 0.644 bits per heavy atom. The number of anilines is 12. The second kappa shape index (κ2) is 14.6. The molecule has 0 amide bonds. The minimum Gasteiger partial charge on any atom is -0.311 e. The van der Waals surface area contributed by atoms with Crippen molar-refractivity contribution in [2.45, 2.75) is 0 Å². The predicted molar refractivity (Wildman–Crippen MR) is 250 cm³/mol. The van der Waals surface area contributed by atoms with Crippen molar-refractivity contribution in [2.75, 3.05) is 19.6 Å². The zero-order valence-electron chi connectivity index (χ0n) is 32.4. The lowest BCUT2D eigenvalue weighted by atomic mass is 9.33. The van der Waals surface area contributed by atoms with Gasteiger partial charge >= 0.3 is 0 Å². The second-order valence-corrected chi connectivity index (χ2v) is 15.0. The van der Waals surface area contributed by atoms with E-state index in [1.165, 1.54) is 33.5 Å². The number of benzene rings is 9. The molecule has 59 heavy (non-hydrogen) atoms. The molecule has 278 valence electrons. The normalized spacial score (nSPS) is 12.3. The predicted octanol–water partition coefficient (Wildman–Crippen LogP) is 12.7. The molecule has 0 saturated carbocycles. The molecule has 4 nitrogen and oxygen atoms in total. The summed E-state index contributed by atoms with van der Waals surface area (Å²) in [6.45, 7) is 0.0329. The lowest BCUT2D eigenvalue weighted by Gasteiger charge is -2.44. The molecular weight excluding hydrogens is 715 g/mol. The van der Waals surface area contributed by atoms with Crippen molar-refractivity contribution in [3.05, 3.63) is 237 Å². The fourth-order valence-corrected chi connectivity index (χ4v) is 9.10. The summed E-state index contributed by atoms with van der Waals surface area (Å²) in [6, 6.07) is 85.2. The van der Waals surface area contributed by atoms with Crippen LogP contribution in [0.1, 0.15) is 0 Å². The first-order chi connectivity index (χ1) is 29.3. The molecule has 0 aliphatic carbocycles. The van der Waals surface area contributed by atoms with Crippen LogP contribution in [0.3, 0.4) is 0 Å². The van der Waals surface area contributed by atoms with E-state index in [4.69, 9.17) is 0 Å². The standard InChI is InChI=1S/C54H39BN4/c1-6-19-40(20-7-1)56(41-21-8-2-9-22-41)45-33-35-46(36-34-45)59-52-32-18-31-51-54(52)55(48-29-16-17-30-50(48)58(51)44-27-14-5-15-28-44)49-38-37-47(39-53(49)59)57(42-23-10-3-11-24-42)43-25-12-4-13-26-43/h1-39H. The minimum atomic E-state index is 0.0329. The summed E-state index contributed by atoms with van der Waals surface area (Å²) in [5.74, 6) is 0. The van der Waals surface area contributed by atoms with Crippen LogP contribution in [-0.2, 0) is 0 Å². The number of hydrogen-bond acceptors (Lipinski definition) is 4. The Kier molecular flexibility index (Phi) is 8.56. The van der Waals surface area contributed by atoms with Crippen LogP contribution < -0.4 is 36.0 Å². The zero-order chi connectivity index (χ0) is 39.1. The fourth-order valence-electron chi connectivity index (χ4n) is 9.10. The molecule has 9 aromatic carbocycles. The number of hydrogen-bond donors (Lipinski definition) is 0. The molecule has 2 heterocycles. The molecule has 5 heteroatoms. The smallest absolute Gasteiger partial charge is 0.252 e. The molecule has 2 aliphatic rings. The molecule has 0 unspecified atom stereocenters. The molecule has 0 N–H and O–H groups in total. The highest BCUT2D eigenvalue weighted by molar-refractivity contribution is 7.00. The number of fused-ring (bicyclic) bond motifs is 4. The lowest BCUT2D eigenvalue weighted by Crippen LogP contribution is -2.61. The number of para-hydroxylation sites is 6. The van der Waals surface area contributed by atoms with Gasteiger partial charge in [-0.2, -0.15) is 0 Å². The third kappa shape index (κ3) is 5.95. The Balaban J connectivity index is 1.13. The molecule has 0 bridgehead atoms. The van der Waals surface area contributed by atoms with Crippen LogP contribution in [0.2, 0.25) is 0 Å². The van der Waals surface area contributed by atoms with Crippen LogP contribution in [0.5, 0.6) is 0 Å². The highest BCUT2D eigenvalue weighted by atomic mass is 15.2. The Morgan fingerprint density at radius 1 is 0.271 bits per heavy atom. The molecule has 0 radical (unpaired) electrons. The minimum absolute atomic E-state index is 0.0329. The highest BCUT2D eigenvalue weighted by Gasteiger charge is 2.43. The topological polar surface area (TPSA) is 13.0 Å². The van der Waals surface area contributed by atoms with Crippen molar-refractivity contribution >= 4 is 91.3 Å². The van der Waals surface area contributed by atoms with Crippen molar-refractivity contribution < 1.29 is 0 Å². The van der Waals surface area contributed by atoms with Crippen molar-refractivity contribution in [3.8, 4) is 0 Å². The van der Waals surface area contributed by atoms with Crippen molar-refractivity contribution in [2.24, 2.45) is 0 Å². The average molecular weight is 755 g/mol. The maximum Gasteiger partial charge on any atom is 0.252 e.